The Labute approximate surface area is 133 Å². The quantitative estimate of drug-likeness (QED) is 0.707. The second kappa shape index (κ2) is 6.26. The summed E-state index contributed by atoms with van der Waals surface area (Å²) in [6, 6.07) is 7.77. The van der Waals surface area contributed by atoms with Crippen LogP contribution in [0.4, 0.5) is 0 Å². The van der Waals surface area contributed by atoms with E-state index in [2.05, 4.69) is 9.97 Å². The fourth-order valence-corrected chi connectivity index (χ4v) is 2.73. The molecule has 2 heterocycles. The number of H-pyrrole nitrogens is 1. The number of fused-ring (bicyclic) bond motifs is 3. The van der Waals surface area contributed by atoms with Gasteiger partial charge in [-0.25, -0.2) is 0 Å². The van der Waals surface area contributed by atoms with Gasteiger partial charge in [-0.05, 0) is 13.0 Å². The number of hydrogen-bond donors (Lipinski definition) is 2. The molecule has 0 saturated carbocycles. The van der Waals surface area contributed by atoms with E-state index in [4.69, 9.17) is 9.47 Å². The van der Waals surface area contributed by atoms with Crippen molar-refractivity contribution in [3.63, 3.8) is 0 Å². The number of hydrogen-bond acceptors (Lipinski definition) is 5. The number of pyridine rings is 1. The summed E-state index contributed by atoms with van der Waals surface area (Å²) < 4.78 is 10.3. The first kappa shape index (κ1) is 15.3. The second-order valence-electron chi connectivity index (χ2n) is 5.16. The number of aromatic amines is 1. The normalized spacial score (nSPS) is 12.5. The zero-order chi connectivity index (χ0) is 16.4. The molecule has 0 aliphatic heterocycles. The molecule has 2 N–H and O–H groups in total. The molecule has 2 aromatic heterocycles. The maximum Gasteiger partial charge on any atom is 0.308 e. The van der Waals surface area contributed by atoms with Crippen LogP contribution in [0.3, 0.4) is 0 Å². The summed E-state index contributed by atoms with van der Waals surface area (Å²) in [5.41, 5.74) is 1.99. The summed E-state index contributed by atoms with van der Waals surface area (Å²) in [6.45, 7) is 2.01. The number of aromatic nitrogens is 2. The van der Waals surface area contributed by atoms with E-state index >= 15 is 0 Å². The smallest absolute Gasteiger partial charge is 0.308 e. The predicted octanol–water partition coefficient (Wildman–Crippen LogP) is 2.71. The summed E-state index contributed by atoms with van der Waals surface area (Å²) in [5.74, 6) is 0.159. The Hall–Kier alpha value is -2.60. The van der Waals surface area contributed by atoms with E-state index in [1.54, 1.807) is 20.2 Å². The van der Waals surface area contributed by atoms with Crippen molar-refractivity contribution < 1.29 is 19.4 Å². The minimum absolute atomic E-state index is 0.141. The lowest BCUT2D eigenvalue weighted by Crippen LogP contribution is -2.11. The molecule has 1 aromatic carbocycles. The van der Waals surface area contributed by atoms with Gasteiger partial charge in [-0.1, -0.05) is 18.2 Å². The van der Waals surface area contributed by atoms with Gasteiger partial charge < -0.3 is 19.6 Å². The van der Waals surface area contributed by atoms with Crippen LogP contribution >= 0.6 is 0 Å². The molecule has 0 amide bonds. The summed E-state index contributed by atoms with van der Waals surface area (Å²) >= 11 is 0. The molecule has 3 rings (SSSR count). The number of carbonyl (C=O) groups is 1. The number of methoxy groups -OCH3 is 1. The van der Waals surface area contributed by atoms with Crippen molar-refractivity contribution in [2.45, 2.75) is 19.4 Å². The van der Waals surface area contributed by atoms with E-state index < -0.39 is 12.1 Å². The van der Waals surface area contributed by atoms with E-state index in [1.807, 2.05) is 24.3 Å². The summed E-state index contributed by atoms with van der Waals surface area (Å²) in [6.07, 6.45) is 0.375. The largest absolute Gasteiger partial charge is 0.494 e. The highest BCUT2D eigenvalue weighted by Crippen LogP contribution is 2.36. The number of aliphatic hydroxyl groups excluding tert-OH is 1. The first-order chi connectivity index (χ1) is 11.2. The van der Waals surface area contributed by atoms with Crippen molar-refractivity contribution in [2.24, 2.45) is 0 Å². The fraction of sp³-hybridized carbons (Fsp3) is 0.294. The topological polar surface area (TPSA) is 84.4 Å². The number of benzene rings is 1. The number of carbonyl (C=O) groups excluding carboxylic acids is 1. The Bertz CT molecular complexity index is 856. The fourth-order valence-electron chi connectivity index (χ4n) is 2.73. The van der Waals surface area contributed by atoms with Crippen molar-refractivity contribution in [3.8, 4) is 5.75 Å². The lowest BCUT2D eigenvalue weighted by Gasteiger charge is -2.12. The average molecular weight is 314 g/mol. The number of esters is 1. The number of ether oxygens (including phenoxy) is 2. The van der Waals surface area contributed by atoms with Gasteiger partial charge in [-0.15, -0.1) is 0 Å². The zero-order valence-corrected chi connectivity index (χ0v) is 13.0. The third-order valence-corrected chi connectivity index (χ3v) is 3.73. The molecule has 6 heteroatoms. The molecule has 0 saturated heterocycles. The second-order valence-corrected chi connectivity index (χ2v) is 5.16. The SMILES string of the molecule is CCOC(=O)CC(O)c1ncc(OC)c2c1[nH]c1ccccc12. The van der Waals surface area contributed by atoms with E-state index in [0.717, 1.165) is 16.3 Å². The number of rotatable bonds is 5. The molecule has 23 heavy (non-hydrogen) atoms. The van der Waals surface area contributed by atoms with Gasteiger partial charge in [0.15, 0.2) is 0 Å². The number of aliphatic hydroxyl groups is 1. The Kier molecular flexibility index (Phi) is 4.16. The number of para-hydroxylation sites is 1. The predicted molar refractivity (Wildman–Crippen MR) is 86.4 cm³/mol. The van der Waals surface area contributed by atoms with Crippen molar-refractivity contribution in [2.75, 3.05) is 13.7 Å². The molecular weight excluding hydrogens is 296 g/mol. The molecule has 120 valence electrons. The van der Waals surface area contributed by atoms with Gasteiger partial charge in [-0.2, -0.15) is 0 Å². The number of nitrogens with zero attached hydrogens (tertiary/aromatic N) is 1. The lowest BCUT2D eigenvalue weighted by atomic mass is 10.1. The molecule has 0 spiro atoms. The van der Waals surface area contributed by atoms with Gasteiger partial charge in [0.25, 0.3) is 0 Å². The Balaban J connectivity index is 2.13. The molecule has 0 aliphatic rings. The highest BCUT2D eigenvalue weighted by molar-refractivity contribution is 6.11. The average Bonchev–Trinajstić information content (AvgIpc) is 2.93. The minimum Gasteiger partial charge on any atom is -0.494 e. The molecule has 6 nitrogen and oxygen atoms in total. The summed E-state index contributed by atoms with van der Waals surface area (Å²) in [4.78, 5) is 19.1. The first-order valence-electron chi connectivity index (χ1n) is 7.42. The summed E-state index contributed by atoms with van der Waals surface area (Å²) in [5, 5.41) is 12.2. The zero-order valence-electron chi connectivity index (χ0n) is 13.0. The Morgan fingerprint density at radius 1 is 1.39 bits per heavy atom. The molecule has 0 fully saturated rings. The molecule has 1 atom stereocenters. The van der Waals surface area contributed by atoms with Gasteiger partial charge in [0.2, 0.25) is 0 Å². The van der Waals surface area contributed by atoms with Crippen LogP contribution in [-0.4, -0.2) is 34.8 Å². The first-order valence-corrected chi connectivity index (χ1v) is 7.42. The van der Waals surface area contributed by atoms with E-state index in [1.165, 1.54) is 0 Å². The standard InChI is InChI=1S/C17H18N2O4/c1-3-23-14(21)8-12(20)16-17-15(13(22-2)9-18-16)10-6-4-5-7-11(10)19-17/h4-7,9,12,19-20H,3,8H2,1-2H3. The maximum atomic E-state index is 11.6. The molecule has 0 aliphatic carbocycles. The van der Waals surface area contributed by atoms with Gasteiger partial charge in [-0.3, -0.25) is 9.78 Å². The van der Waals surface area contributed by atoms with Gasteiger partial charge >= 0.3 is 5.97 Å². The van der Waals surface area contributed by atoms with Crippen molar-refractivity contribution in [1.29, 1.82) is 0 Å². The highest BCUT2D eigenvalue weighted by atomic mass is 16.5. The Morgan fingerprint density at radius 2 is 2.17 bits per heavy atom. The maximum absolute atomic E-state index is 11.6. The highest BCUT2D eigenvalue weighted by Gasteiger charge is 2.21. The molecule has 3 aromatic rings. The van der Waals surface area contributed by atoms with E-state index in [-0.39, 0.29) is 13.0 Å². The van der Waals surface area contributed by atoms with Crippen LogP contribution in [0.25, 0.3) is 21.8 Å². The molecule has 0 radical (unpaired) electrons. The van der Waals surface area contributed by atoms with E-state index in [9.17, 15) is 9.90 Å². The number of nitrogens with one attached hydrogen (secondary N) is 1. The third-order valence-electron chi connectivity index (χ3n) is 3.73. The molecular formula is C17H18N2O4. The van der Waals surface area contributed by atoms with Gasteiger partial charge in [0.1, 0.15) is 11.9 Å². The lowest BCUT2D eigenvalue weighted by molar-refractivity contribution is -0.145. The van der Waals surface area contributed by atoms with Crippen LogP contribution in [0.1, 0.15) is 25.1 Å². The summed E-state index contributed by atoms with van der Waals surface area (Å²) in [7, 11) is 1.58. The van der Waals surface area contributed by atoms with Crippen LogP contribution in [0.2, 0.25) is 0 Å². The monoisotopic (exact) mass is 314 g/mol. The molecule has 1 unspecified atom stereocenters. The third kappa shape index (κ3) is 2.73. The van der Waals surface area contributed by atoms with E-state index in [0.29, 0.717) is 17.0 Å². The van der Waals surface area contributed by atoms with Crippen molar-refractivity contribution in [3.05, 3.63) is 36.2 Å². The van der Waals surface area contributed by atoms with Gasteiger partial charge in [0.05, 0.1) is 42.9 Å². The van der Waals surface area contributed by atoms with Crippen LogP contribution in [0.5, 0.6) is 5.75 Å². The minimum atomic E-state index is -1.05. The van der Waals surface area contributed by atoms with Crippen molar-refractivity contribution in [1.82, 2.24) is 9.97 Å². The Morgan fingerprint density at radius 3 is 2.91 bits per heavy atom. The van der Waals surface area contributed by atoms with Crippen molar-refractivity contribution >= 4 is 27.8 Å². The van der Waals surface area contributed by atoms with Crippen LogP contribution in [0.15, 0.2) is 30.5 Å². The van der Waals surface area contributed by atoms with Gasteiger partial charge in [0, 0.05) is 10.9 Å². The van der Waals surface area contributed by atoms with Crippen LogP contribution < -0.4 is 4.74 Å². The molecule has 0 bridgehead atoms. The van der Waals surface area contributed by atoms with Crippen LogP contribution in [-0.2, 0) is 9.53 Å². The van der Waals surface area contributed by atoms with Crippen LogP contribution in [0, 0.1) is 0 Å².